The van der Waals surface area contributed by atoms with Crippen molar-refractivity contribution in [3.63, 3.8) is 0 Å². The minimum atomic E-state index is -4.69. The quantitative estimate of drug-likeness (QED) is 0.852. The number of alkyl halides is 3. The molecule has 1 rings (SSSR count). The molecule has 0 aliphatic heterocycles. The van der Waals surface area contributed by atoms with E-state index in [1.165, 1.54) is 6.07 Å². The molecule has 0 amide bonds. The van der Waals surface area contributed by atoms with Crippen LogP contribution in [-0.4, -0.2) is 17.6 Å². The molecular formula is C14H18F3NO2. The Morgan fingerprint density at radius 3 is 2.35 bits per heavy atom. The zero-order valence-electron chi connectivity index (χ0n) is 11.6. The second kappa shape index (κ2) is 5.73. The topological polar surface area (TPSA) is 49.3 Å². The van der Waals surface area contributed by atoms with Crippen LogP contribution in [0.4, 0.5) is 18.9 Å². The Morgan fingerprint density at radius 2 is 1.90 bits per heavy atom. The third-order valence-corrected chi connectivity index (χ3v) is 3.28. The van der Waals surface area contributed by atoms with E-state index in [1.807, 2.05) is 20.8 Å². The number of halogens is 3. The van der Waals surface area contributed by atoms with Crippen molar-refractivity contribution < 1.29 is 23.1 Å². The summed E-state index contributed by atoms with van der Waals surface area (Å²) in [6, 6.07) is 3.17. The molecule has 0 bridgehead atoms. The Labute approximate surface area is 115 Å². The molecule has 0 unspecified atom stereocenters. The number of hydrogen-bond donors (Lipinski definition) is 2. The molecule has 0 fully saturated rings. The van der Waals surface area contributed by atoms with E-state index in [9.17, 15) is 18.0 Å². The zero-order valence-corrected chi connectivity index (χ0v) is 11.6. The van der Waals surface area contributed by atoms with Crippen molar-refractivity contribution in [1.29, 1.82) is 0 Å². The van der Waals surface area contributed by atoms with Crippen LogP contribution in [0.3, 0.4) is 0 Å². The van der Waals surface area contributed by atoms with Crippen molar-refractivity contribution >= 4 is 11.7 Å². The molecule has 0 aromatic heterocycles. The molecule has 0 aliphatic rings. The second-order valence-electron chi connectivity index (χ2n) is 5.43. The molecule has 1 aromatic carbocycles. The smallest absolute Gasteiger partial charge is 0.417 e. The molecule has 6 heteroatoms. The van der Waals surface area contributed by atoms with E-state index in [0.717, 1.165) is 18.6 Å². The number of carboxylic acids is 1. The Bertz CT molecular complexity index is 496. The van der Waals surface area contributed by atoms with Gasteiger partial charge in [0.25, 0.3) is 0 Å². The molecule has 0 heterocycles. The van der Waals surface area contributed by atoms with Crippen molar-refractivity contribution in [2.75, 3.05) is 11.9 Å². The fraction of sp³-hybridized carbons (Fsp3) is 0.500. The molecule has 0 spiro atoms. The van der Waals surface area contributed by atoms with Gasteiger partial charge in [-0.2, -0.15) is 13.2 Å². The fourth-order valence-electron chi connectivity index (χ4n) is 1.54. The summed E-state index contributed by atoms with van der Waals surface area (Å²) >= 11 is 0. The maximum atomic E-state index is 12.8. The first kappa shape index (κ1) is 16.3. The number of carbonyl (C=O) groups is 1. The molecule has 112 valence electrons. The largest absolute Gasteiger partial charge is 0.478 e. The van der Waals surface area contributed by atoms with Crippen molar-refractivity contribution in [2.45, 2.75) is 33.4 Å². The highest BCUT2D eigenvalue weighted by atomic mass is 19.4. The molecule has 1 aromatic rings. The molecular weight excluding hydrogens is 271 g/mol. The molecule has 0 atom stereocenters. The Balaban J connectivity index is 3.05. The maximum Gasteiger partial charge on any atom is 0.417 e. The van der Waals surface area contributed by atoms with Gasteiger partial charge in [0.15, 0.2) is 0 Å². The van der Waals surface area contributed by atoms with E-state index in [1.54, 1.807) is 0 Å². The normalized spacial score (nSPS) is 12.3. The SMILES string of the molecule is CCC(C)(C)CNc1ccc(C(=O)O)c(C(F)(F)F)c1. The summed E-state index contributed by atoms with van der Waals surface area (Å²) in [5.41, 5.74) is -1.66. The lowest BCUT2D eigenvalue weighted by molar-refractivity contribution is -0.138. The maximum absolute atomic E-state index is 12.8. The summed E-state index contributed by atoms with van der Waals surface area (Å²) in [5, 5.41) is 11.7. The van der Waals surface area contributed by atoms with Gasteiger partial charge in [0.05, 0.1) is 11.1 Å². The third kappa shape index (κ3) is 4.15. The molecule has 0 saturated carbocycles. The van der Waals surface area contributed by atoms with Crippen LogP contribution in [0.15, 0.2) is 18.2 Å². The highest BCUT2D eigenvalue weighted by Gasteiger charge is 2.35. The summed E-state index contributed by atoms with van der Waals surface area (Å²) in [7, 11) is 0. The molecule has 0 saturated heterocycles. The molecule has 3 nitrogen and oxygen atoms in total. The van der Waals surface area contributed by atoms with Crippen LogP contribution in [0.1, 0.15) is 43.1 Å². The highest BCUT2D eigenvalue weighted by Crippen LogP contribution is 2.34. The van der Waals surface area contributed by atoms with Crippen LogP contribution in [0.2, 0.25) is 0 Å². The first-order valence-electron chi connectivity index (χ1n) is 6.25. The van der Waals surface area contributed by atoms with Gasteiger partial charge in [-0.05, 0) is 30.0 Å². The first-order chi connectivity index (χ1) is 9.07. The Morgan fingerprint density at radius 1 is 1.30 bits per heavy atom. The summed E-state index contributed by atoms with van der Waals surface area (Å²) in [6.07, 6.45) is -3.81. The minimum Gasteiger partial charge on any atom is -0.478 e. The average Bonchev–Trinajstić information content (AvgIpc) is 2.35. The van der Waals surface area contributed by atoms with E-state index in [0.29, 0.717) is 6.54 Å². The Hall–Kier alpha value is -1.72. The van der Waals surface area contributed by atoms with Gasteiger partial charge in [-0.15, -0.1) is 0 Å². The van der Waals surface area contributed by atoms with E-state index >= 15 is 0 Å². The van der Waals surface area contributed by atoms with Gasteiger partial charge in [0.1, 0.15) is 0 Å². The predicted octanol–water partition coefficient (Wildman–Crippen LogP) is 4.25. The fourth-order valence-corrected chi connectivity index (χ4v) is 1.54. The first-order valence-corrected chi connectivity index (χ1v) is 6.25. The lowest BCUT2D eigenvalue weighted by Gasteiger charge is -2.24. The van der Waals surface area contributed by atoms with Crippen molar-refractivity contribution in [1.82, 2.24) is 0 Å². The summed E-state index contributed by atoms with van der Waals surface area (Å²) < 4.78 is 38.5. The lowest BCUT2D eigenvalue weighted by atomic mass is 9.90. The van der Waals surface area contributed by atoms with Gasteiger partial charge in [0.2, 0.25) is 0 Å². The second-order valence-corrected chi connectivity index (χ2v) is 5.43. The highest BCUT2D eigenvalue weighted by molar-refractivity contribution is 5.90. The monoisotopic (exact) mass is 289 g/mol. The number of aromatic carboxylic acids is 1. The van der Waals surface area contributed by atoms with Gasteiger partial charge in [-0.25, -0.2) is 4.79 Å². The van der Waals surface area contributed by atoms with Gasteiger partial charge < -0.3 is 10.4 Å². The molecule has 20 heavy (non-hydrogen) atoms. The molecule has 0 radical (unpaired) electrons. The van der Waals surface area contributed by atoms with Gasteiger partial charge >= 0.3 is 12.1 Å². The van der Waals surface area contributed by atoms with Crippen LogP contribution in [0.5, 0.6) is 0 Å². The van der Waals surface area contributed by atoms with Crippen molar-refractivity contribution in [2.24, 2.45) is 5.41 Å². The number of carboxylic acid groups (broad SMARTS) is 1. The molecule has 0 aliphatic carbocycles. The number of rotatable bonds is 5. The number of anilines is 1. The molecule has 2 N–H and O–H groups in total. The third-order valence-electron chi connectivity index (χ3n) is 3.28. The average molecular weight is 289 g/mol. The zero-order chi connectivity index (χ0) is 15.6. The van der Waals surface area contributed by atoms with E-state index in [-0.39, 0.29) is 11.1 Å². The lowest BCUT2D eigenvalue weighted by Crippen LogP contribution is -2.22. The van der Waals surface area contributed by atoms with E-state index < -0.39 is 23.3 Å². The van der Waals surface area contributed by atoms with E-state index in [4.69, 9.17) is 5.11 Å². The van der Waals surface area contributed by atoms with Gasteiger partial charge in [-0.1, -0.05) is 20.8 Å². The predicted molar refractivity (Wildman–Crippen MR) is 71.0 cm³/mol. The van der Waals surface area contributed by atoms with Gasteiger partial charge in [-0.3, -0.25) is 0 Å². The number of benzene rings is 1. The van der Waals surface area contributed by atoms with Crippen LogP contribution in [0.25, 0.3) is 0 Å². The van der Waals surface area contributed by atoms with Crippen molar-refractivity contribution in [3.05, 3.63) is 29.3 Å². The van der Waals surface area contributed by atoms with Crippen LogP contribution in [0, 0.1) is 5.41 Å². The van der Waals surface area contributed by atoms with E-state index in [2.05, 4.69) is 5.32 Å². The summed E-state index contributed by atoms with van der Waals surface area (Å²) in [5.74, 6) is -1.59. The number of hydrogen-bond acceptors (Lipinski definition) is 2. The van der Waals surface area contributed by atoms with Crippen LogP contribution in [-0.2, 0) is 6.18 Å². The summed E-state index contributed by atoms with van der Waals surface area (Å²) in [4.78, 5) is 10.8. The minimum absolute atomic E-state index is 0.0517. The Kier molecular flexibility index (Phi) is 4.68. The number of nitrogens with one attached hydrogen (secondary N) is 1. The summed E-state index contributed by atoms with van der Waals surface area (Å²) in [6.45, 7) is 6.50. The standard InChI is InChI=1S/C14H18F3NO2/c1-4-13(2,3)8-18-9-5-6-10(12(19)20)11(7-9)14(15,16)17/h5-7,18H,4,8H2,1-3H3,(H,19,20). The van der Waals surface area contributed by atoms with Crippen molar-refractivity contribution in [3.8, 4) is 0 Å². The van der Waals surface area contributed by atoms with Crippen LogP contribution >= 0.6 is 0 Å². The van der Waals surface area contributed by atoms with Gasteiger partial charge in [0, 0.05) is 12.2 Å². The van der Waals surface area contributed by atoms with Crippen LogP contribution < -0.4 is 5.32 Å².